The molecule has 1 aromatic carbocycles. The highest BCUT2D eigenvalue weighted by molar-refractivity contribution is 6.04. The van der Waals surface area contributed by atoms with Crippen LogP contribution in [0.1, 0.15) is 65.5 Å². The molecule has 2 fully saturated rings. The van der Waals surface area contributed by atoms with E-state index in [-0.39, 0.29) is 29.4 Å². The van der Waals surface area contributed by atoms with Crippen LogP contribution in [0.5, 0.6) is 0 Å². The minimum absolute atomic E-state index is 0.0244. The van der Waals surface area contributed by atoms with Crippen LogP contribution in [0.25, 0.3) is 22.5 Å². The van der Waals surface area contributed by atoms with Crippen LogP contribution in [0.2, 0.25) is 0 Å². The van der Waals surface area contributed by atoms with Crippen molar-refractivity contribution < 1.29 is 14.3 Å². The van der Waals surface area contributed by atoms with E-state index in [0.717, 1.165) is 27.8 Å². The molecular weight excluding hydrogens is 430 g/mol. The summed E-state index contributed by atoms with van der Waals surface area (Å²) < 4.78 is 6.63. The average molecular weight is 458 g/mol. The maximum Gasteiger partial charge on any atom is 0.345 e. The van der Waals surface area contributed by atoms with Crippen LogP contribution >= 0.6 is 0 Å². The molecule has 2 aliphatic carbocycles. The topological polar surface area (TPSA) is 103 Å². The van der Waals surface area contributed by atoms with Gasteiger partial charge in [-0.05, 0) is 74.8 Å². The monoisotopic (exact) mass is 457 g/mol. The number of benzene rings is 1. The Kier molecular flexibility index (Phi) is 4.25. The van der Waals surface area contributed by atoms with E-state index in [0.29, 0.717) is 29.7 Å². The molecule has 0 saturated heterocycles. The maximum absolute atomic E-state index is 13.5. The normalized spacial score (nSPS) is 24.6. The molecule has 174 valence electrons. The van der Waals surface area contributed by atoms with Gasteiger partial charge >= 0.3 is 5.97 Å². The van der Waals surface area contributed by atoms with Crippen LogP contribution in [0.4, 0.5) is 5.82 Å². The molecule has 8 heteroatoms. The lowest BCUT2D eigenvalue weighted by molar-refractivity contribution is 0.0529. The molecule has 2 N–H and O–H groups in total. The second kappa shape index (κ2) is 6.91. The third-order valence-electron chi connectivity index (χ3n) is 8.00. The smallest absolute Gasteiger partial charge is 0.345 e. The highest BCUT2D eigenvalue weighted by Gasteiger charge is 2.70. The Morgan fingerprint density at radius 2 is 2.06 bits per heavy atom. The van der Waals surface area contributed by atoms with Gasteiger partial charge in [0.1, 0.15) is 5.56 Å². The fourth-order valence-electron chi connectivity index (χ4n) is 6.00. The fraction of sp³-hybridized carbons (Fsp3) is 0.385. The van der Waals surface area contributed by atoms with Gasteiger partial charge in [-0.25, -0.2) is 14.3 Å². The maximum atomic E-state index is 13.5. The van der Waals surface area contributed by atoms with E-state index in [2.05, 4.69) is 23.5 Å². The predicted molar refractivity (Wildman–Crippen MR) is 128 cm³/mol. The molecule has 1 aliphatic heterocycles. The lowest BCUT2D eigenvalue weighted by atomic mass is 9.94. The summed E-state index contributed by atoms with van der Waals surface area (Å²) in [5.74, 6) is 0.901. The molecule has 3 aliphatic rings. The zero-order valence-corrected chi connectivity index (χ0v) is 19.6. The number of carbonyl (C=O) groups is 2. The van der Waals surface area contributed by atoms with Crippen LogP contribution in [-0.4, -0.2) is 43.5 Å². The van der Waals surface area contributed by atoms with E-state index in [9.17, 15) is 9.59 Å². The number of hydrogen-bond donors (Lipinski definition) is 1. The Bertz CT molecular complexity index is 1410. The molecular formula is C26H27N5O3. The highest BCUT2D eigenvalue weighted by atomic mass is 16.5. The molecule has 34 heavy (non-hydrogen) atoms. The van der Waals surface area contributed by atoms with Gasteiger partial charge in [0, 0.05) is 23.8 Å². The molecule has 0 radical (unpaired) electrons. The van der Waals surface area contributed by atoms with Crippen molar-refractivity contribution in [2.75, 3.05) is 12.3 Å². The number of carbonyl (C=O) groups excluding carboxylic acids is 2. The second-order valence-corrected chi connectivity index (χ2v) is 9.81. The summed E-state index contributed by atoms with van der Waals surface area (Å²) in [6.45, 7) is 10.9. The number of allylic oxidation sites excluding steroid dienone is 1. The predicted octanol–water partition coefficient (Wildman–Crippen LogP) is 3.94. The number of fused-ring (bicyclic) bond motifs is 3. The number of hydrogen-bond acceptors (Lipinski definition) is 6. The van der Waals surface area contributed by atoms with Crippen LogP contribution in [0.3, 0.4) is 0 Å². The Morgan fingerprint density at radius 1 is 1.32 bits per heavy atom. The molecule has 3 atom stereocenters. The zero-order valence-electron chi connectivity index (χ0n) is 19.6. The van der Waals surface area contributed by atoms with Gasteiger partial charge in [0.2, 0.25) is 0 Å². The second-order valence-electron chi connectivity index (χ2n) is 9.81. The molecule has 2 unspecified atom stereocenters. The van der Waals surface area contributed by atoms with E-state index in [1.807, 2.05) is 25.1 Å². The third kappa shape index (κ3) is 2.65. The molecule has 0 spiro atoms. The lowest BCUT2D eigenvalue weighted by Crippen LogP contribution is -2.37. The van der Waals surface area contributed by atoms with E-state index < -0.39 is 5.97 Å². The largest absolute Gasteiger partial charge is 0.462 e. The van der Waals surface area contributed by atoms with Gasteiger partial charge < -0.3 is 15.4 Å². The van der Waals surface area contributed by atoms with Crippen LogP contribution in [0, 0.1) is 11.8 Å². The summed E-state index contributed by atoms with van der Waals surface area (Å²) in [6, 6.07) is 5.83. The van der Waals surface area contributed by atoms with E-state index >= 15 is 0 Å². The van der Waals surface area contributed by atoms with Crippen molar-refractivity contribution in [2.45, 2.75) is 45.7 Å². The first-order chi connectivity index (χ1) is 16.3. The lowest BCUT2D eigenvalue weighted by Gasteiger charge is -2.25. The molecule has 3 heterocycles. The number of anilines is 1. The number of amides is 1. The number of nitrogen functional groups attached to an aromatic ring is 1. The highest BCUT2D eigenvalue weighted by Crippen LogP contribution is 2.68. The number of esters is 1. The van der Waals surface area contributed by atoms with Gasteiger partial charge in [-0.15, -0.1) is 5.10 Å². The Hall–Kier alpha value is -3.68. The quantitative estimate of drug-likeness (QED) is 0.582. The first-order valence-corrected chi connectivity index (χ1v) is 11.7. The van der Waals surface area contributed by atoms with Crippen molar-refractivity contribution in [2.24, 2.45) is 11.8 Å². The minimum Gasteiger partial charge on any atom is -0.462 e. The number of nitrogens with zero attached hydrogens (tertiary/aromatic N) is 4. The molecule has 2 aromatic heterocycles. The van der Waals surface area contributed by atoms with Crippen molar-refractivity contribution in [3.8, 4) is 11.3 Å². The zero-order chi connectivity index (χ0) is 23.9. The van der Waals surface area contributed by atoms with Gasteiger partial charge in [-0.1, -0.05) is 12.2 Å². The molecule has 6 rings (SSSR count). The van der Waals surface area contributed by atoms with Crippen LogP contribution in [0.15, 0.2) is 31.0 Å². The summed E-state index contributed by atoms with van der Waals surface area (Å²) in [5.41, 5.74) is 11.4. The molecule has 3 aromatic rings. The van der Waals surface area contributed by atoms with E-state index in [1.165, 1.54) is 17.4 Å². The first kappa shape index (κ1) is 20.9. The van der Waals surface area contributed by atoms with Gasteiger partial charge in [-0.2, -0.15) is 0 Å². The SMILES string of the molecule is C=C(C)c1cc(-c2ccn3nc(N)c(C(=O)OCC)c3n2)cc2c1C(=O)N(C1(C)C3CC[C@H]31)C2. The first-order valence-electron chi connectivity index (χ1n) is 11.7. The Morgan fingerprint density at radius 3 is 2.71 bits per heavy atom. The number of nitrogens with two attached hydrogens (primary N) is 1. The summed E-state index contributed by atoms with van der Waals surface area (Å²) in [7, 11) is 0. The summed E-state index contributed by atoms with van der Waals surface area (Å²) in [4.78, 5) is 32.8. The Labute approximate surface area is 197 Å². The summed E-state index contributed by atoms with van der Waals surface area (Å²) in [6.07, 6.45) is 4.15. The van der Waals surface area contributed by atoms with Gasteiger partial charge in [0.15, 0.2) is 11.5 Å². The molecule has 8 nitrogen and oxygen atoms in total. The van der Waals surface area contributed by atoms with E-state index in [1.54, 1.807) is 13.1 Å². The van der Waals surface area contributed by atoms with Gasteiger partial charge in [0.05, 0.1) is 17.9 Å². The number of aromatic nitrogens is 3. The number of ether oxygens (including phenoxy) is 1. The van der Waals surface area contributed by atoms with Gasteiger partial charge in [-0.3, -0.25) is 4.79 Å². The third-order valence-corrected chi connectivity index (χ3v) is 8.00. The van der Waals surface area contributed by atoms with Crippen molar-refractivity contribution in [3.63, 3.8) is 0 Å². The van der Waals surface area contributed by atoms with Crippen molar-refractivity contribution >= 4 is 28.9 Å². The van der Waals surface area contributed by atoms with Crippen molar-refractivity contribution in [3.05, 3.63) is 53.2 Å². The summed E-state index contributed by atoms with van der Waals surface area (Å²) >= 11 is 0. The van der Waals surface area contributed by atoms with E-state index in [4.69, 9.17) is 15.5 Å². The minimum atomic E-state index is -0.551. The van der Waals surface area contributed by atoms with Crippen molar-refractivity contribution in [1.29, 1.82) is 0 Å². The molecule has 0 bridgehead atoms. The Balaban J connectivity index is 1.45. The van der Waals surface area contributed by atoms with Crippen molar-refractivity contribution in [1.82, 2.24) is 19.5 Å². The van der Waals surface area contributed by atoms with Gasteiger partial charge in [0.25, 0.3) is 5.91 Å². The summed E-state index contributed by atoms with van der Waals surface area (Å²) in [5, 5.41) is 4.19. The van der Waals surface area contributed by atoms with Crippen LogP contribution < -0.4 is 5.73 Å². The molecule has 2 saturated carbocycles. The van der Waals surface area contributed by atoms with Crippen LogP contribution in [-0.2, 0) is 11.3 Å². The molecule has 1 amide bonds. The number of rotatable bonds is 5. The standard InChI is InChI=1S/C26H27N5O3/c1-5-34-25(33)21-22(27)29-31-9-8-19(28-23(21)31)14-10-15-12-30(26(4)17-6-7-18(17)26)24(32)20(15)16(11-14)13(2)3/h8-11,17-18H,2,5-7,12H2,1,3-4H3,(H2,27,29)/t17-,18?,26?/m1/s1. The average Bonchev–Trinajstić information content (AvgIpc) is 3.04. The fourth-order valence-corrected chi connectivity index (χ4v) is 6.00.